The smallest absolute Gasteiger partial charge is 0.426 e. The molecule has 2 unspecified atom stereocenters. The van der Waals surface area contributed by atoms with Crippen molar-refractivity contribution in [2.24, 2.45) is 5.73 Å². The third-order valence-corrected chi connectivity index (χ3v) is 4.80. The first-order chi connectivity index (χ1) is 11.4. The van der Waals surface area contributed by atoms with E-state index in [0.717, 1.165) is 9.13 Å². The first-order valence-electron chi connectivity index (χ1n) is 7.82. The van der Waals surface area contributed by atoms with E-state index in [1.165, 1.54) is 4.90 Å². The minimum Gasteiger partial charge on any atom is -0.426 e. The van der Waals surface area contributed by atoms with Crippen LogP contribution in [0.25, 0.3) is 0 Å². The zero-order valence-electron chi connectivity index (χ0n) is 13.2. The Morgan fingerprint density at radius 1 is 1.38 bits per heavy atom. The number of benzene rings is 1. The highest BCUT2D eigenvalue weighted by molar-refractivity contribution is 14.1. The number of carbonyl (C=O) groups is 2. The number of carbonyl (C=O) groups excluding carboxylic acids is 2. The molecule has 1 saturated heterocycles. The Morgan fingerprint density at radius 2 is 2.04 bits per heavy atom. The molecule has 0 bridgehead atoms. The fourth-order valence-electron chi connectivity index (χ4n) is 2.77. The van der Waals surface area contributed by atoms with Gasteiger partial charge in [-0.15, -0.1) is 0 Å². The standard InChI is InChI=1S/C15H21BIN3O4/c17-11-5-3-10(4-6-11)8-12(18)15(22)19-9-14(21)20-7-1-2-13(20)16(23)24/h3-6,12-13,23-24H,1-2,7-9,18H2,(H,19,22). The number of rotatable bonds is 6. The third kappa shape index (κ3) is 5.17. The summed E-state index contributed by atoms with van der Waals surface area (Å²) in [4.78, 5) is 25.6. The minimum absolute atomic E-state index is 0.192. The average Bonchev–Trinajstić information content (AvgIpc) is 3.04. The fraction of sp³-hybridized carbons (Fsp3) is 0.467. The molecule has 7 nitrogen and oxygen atoms in total. The summed E-state index contributed by atoms with van der Waals surface area (Å²) in [5, 5.41) is 21.1. The summed E-state index contributed by atoms with van der Waals surface area (Å²) in [5.41, 5.74) is 6.83. The molecule has 2 rings (SSSR count). The van der Waals surface area contributed by atoms with E-state index in [4.69, 9.17) is 5.73 Å². The topological polar surface area (TPSA) is 116 Å². The highest BCUT2D eigenvalue weighted by Crippen LogP contribution is 2.17. The van der Waals surface area contributed by atoms with Crippen molar-refractivity contribution in [1.82, 2.24) is 10.2 Å². The second-order valence-electron chi connectivity index (χ2n) is 5.87. The Hall–Kier alpha value is -1.17. The van der Waals surface area contributed by atoms with Gasteiger partial charge in [-0.3, -0.25) is 9.59 Å². The molecule has 1 aliphatic heterocycles. The molecule has 24 heavy (non-hydrogen) atoms. The molecule has 0 radical (unpaired) electrons. The summed E-state index contributed by atoms with van der Waals surface area (Å²) in [6, 6.07) is 6.97. The van der Waals surface area contributed by atoms with Crippen molar-refractivity contribution < 1.29 is 19.6 Å². The summed E-state index contributed by atoms with van der Waals surface area (Å²) in [6.07, 6.45) is 1.65. The van der Waals surface area contributed by atoms with Crippen LogP contribution in [0.15, 0.2) is 24.3 Å². The zero-order valence-corrected chi connectivity index (χ0v) is 15.3. The lowest BCUT2D eigenvalue weighted by Crippen LogP contribution is -2.51. The van der Waals surface area contributed by atoms with Crippen LogP contribution < -0.4 is 11.1 Å². The molecule has 1 aromatic carbocycles. The normalized spacial score (nSPS) is 18.3. The third-order valence-electron chi connectivity index (χ3n) is 4.08. The van der Waals surface area contributed by atoms with Crippen LogP contribution in [-0.4, -0.2) is 59.0 Å². The molecule has 1 fully saturated rings. The Bertz CT molecular complexity index is 585. The first-order valence-corrected chi connectivity index (χ1v) is 8.89. The molecule has 1 aromatic rings. The predicted molar refractivity (Wildman–Crippen MR) is 98.8 cm³/mol. The van der Waals surface area contributed by atoms with Crippen molar-refractivity contribution in [2.75, 3.05) is 13.1 Å². The SMILES string of the molecule is NC(Cc1ccc(I)cc1)C(=O)NCC(=O)N1CCCC1B(O)O. The quantitative estimate of drug-likeness (QED) is 0.341. The van der Waals surface area contributed by atoms with Gasteiger partial charge in [-0.1, -0.05) is 12.1 Å². The number of amides is 2. The van der Waals surface area contributed by atoms with E-state index >= 15 is 0 Å². The molecule has 0 aliphatic carbocycles. The van der Waals surface area contributed by atoms with E-state index in [2.05, 4.69) is 27.9 Å². The van der Waals surface area contributed by atoms with E-state index in [0.29, 0.717) is 25.8 Å². The summed E-state index contributed by atoms with van der Waals surface area (Å²) in [7, 11) is -1.56. The minimum atomic E-state index is -1.56. The van der Waals surface area contributed by atoms with Crippen LogP contribution in [-0.2, 0) is 16.0 Å². The summed E-state index contributed by atoms with van der Waals surface area (Å²) in [6.45, 7) is 0.272. The highest BCUT2D eigenvalue weighted by Gasteiger charge is 2.36. The lowest BCUT2D eigenvalue weighted by molar-refractivity contribution is -0.133. The van der Waals surface area contributed by atoms with Gasteiger partial charge in [0, 0.05) is 10.1 Å². The van der Waals surface area contributed by atoms with Gasteiger partial charge in [-0.25, -0.2) is 0 Å². The van der Waals surface area contributed by atoms with Gasteiger partial charge in [-0.2, -0.15) is 0 Å². The van der Waals surface area contributed by atoms with Gasteiger partial charge in [0.15, 0.2) is 0 Å². The van der Waals surface area contributed by atoms with E-state index in [9.17, 15) is 19.6 Å². The largest absolute Gasteiger partial charge is 0.475 e. The molecular formula is C15H21BIN3O4. The molecule has 2 atom stereocenters. The second kappa shape index (κ2) is 8.79. The fourth-order valence-corrected chi connectivity index (χ4v) is 3.13. The van der Waals surface area contributed by atoms with Gasteiger partial charge in [0.1, 0.15) is 0 Å². The summed E-state index contributed by atoms with van der Waals surface area (Å²) in [5.74, 6) is -1.34. The highest BCUT2D eigenvalue weighted by atomic mass is 127. The molecule has 5 N–H and O–H groups in total. The lowest BCUT2D eigenvalue weighted by Gasteiger charge is -2.24. The van der Waals surface area contributed by atoms with Crippen LogP contribution >= 0.6 is 22.6 Å². The molecule has 9 heteroatoms. The number of hydrogen-bond acceptors (Lipinski definition) is 5. The molecule has 130 valence electrons. The van der Waals surface area contributed by atoms with Crippen LogP contribution in [0.2, 0.25) is 0 Å². The second-order valence-corrected chi connectivity index (χ2v) is 7.11. The zero-order chi connectivity index (χ0) is 17.7. The van der Waals surface area contributed by atoms with Crippen molar-refractivity contribution in [3.8, 4) is 0 Å². The molecule has 0 aromatic heterocycles. The van der Waals surface area contributed by atoms with Gasteiger partial charge in [0.25, 0.3) is 0 Å². The molecule has 1 heterocycles. The van der Waals surface area contributed by atoms with E-state index < -0.39 is 25.0 Å². The van der Waals surface area contributed by atoms with Gasteiger partial charge in [0.2, 0.25) is 11.8 Å². The van der Waals surface area contributed by atoms with Gasteiger partial charge in [-0.05, 0) is 59.5 Å². The van der Waals surface area contributed by atoms with Gasteiger partial charge >= 0.3 is 7.12 Å². The number of likely N-dealkylation sites (tertiary alicyclic amines) is 1. The van der Waals surface area contributed by atoms with Crippen LogP contribution in [0.3, 0.4) is 0 Å². The van der Waals surface area contributed by atoms with Crippen LogP contribution in [0.5, 0.6) is 0 Å². The first kappa shape index (κ1) is 19.2. The molecule has 1 aliphatic rings. The number of nitrogens with one attached hydrogen (secondary N) is 1. The monoisotopic (exact) mass is 445 g/mol. The molecule has 0 spiro atoms. The Labute approximate surface area is 154 Å². The van der Waals surface area contributed by atoms with E-state index in [1.807, 2.05) is 24.3 Å². The van der Waals surface area contributed by atoms with Gasteiger partial charge in [0.05, 0.1) is 18.5 Å². The number of nitrogens with two attached hydrogens (primary N) is 1. The number of hydrogen-bond donors (Lipinski definition) is 4. The molecule has 2 amide bonds. The Balaban J connectivity index is 1.81. The lowest BCUT2D eigenvalue weighted by atomic mass is 9.78. The summed E-state index contributed by atoms with van der Waals surface area (Å²) < 4.78 is 1.10. The van der Waals surface area contributed by atoms with Crippen molar-refractivity contribution in [3.63, 3.8) is 0 Å². The predicted octanol–water partition coefficient (Wildman–Crippen LogP) is -0.720. The molecular weight excluding hydrogens is 424 g/mol. The van der Waals surface area contributed by atoms with Crippen LogP contribution in [0.4, 0.5) is 0 Å². The Kier molecular flexibility index (Phi) is 7.02. The summed E-state index contributed by atoms with van der Waals surface area (Å²) >= 11 is 2.20. The van der Waals surface area contributed by atoms with Gasteiger partial charge < -0.3 is 26.0 Å². The maximum Gasteiger partial charge on any atom is 0.475 e. The number of halogens is 1. The van der Waals surface area contributed by atoms with Crippen molar-refractivity contribution in [1.29, 1.82) is 0 Å². The van der Waals surface area contributed by atoms with E-state index in [-0.39, 0.29) is 12.5 Å². The Morgan fingerprint density at radius 3 is 2.67 bits per heavy atom. The number of nitrogens with zero attached hydrogens (tertiary/aromatic N) is 1. The van der Waals surface area contributed by atoms with E-state index in [1.54, 1.807) is 0 Å². The van der Waals surface area contributed by atoms with Crippen molar-refractivity contribution >= 4 is 41.5 Å². The average molecular weight is 445 g/mol. The van der Waals surface area contributed by atoms with Crippen molar-refractivity contribution in [3.05, 3.63) is 33.4 Å². The molecule has 0 saturated carbocycles. The van der Waals surface area contributed by atoms with Crippen LogP contribution in [0.1, 0.15) is 18.4 Å². The maximum absolute atomic E-state index is 12.1. The maximum atomic E-state index is 12.1. The van der Waals surface area contributed by atoms with Crippen molar-refractivity contribution in [2.45, 2.75) is 31.2 Å². The van der Waals surface area contributed by atoms with Crippen LogP contribution in [0, 0.1) is 3.57 Å².